The third-order valence-corrected chi connectivity index (χ3v) is 6.47. The molecule has 0 atom stereocenters. The number of carbonyl (C=O) groups is 1. The lowest BCUT2D eigenvalue weighted by molar-refractivity contribution is -0.134. The molecule has 0 aliphatic carbocycles. The molecule has 0 saturated carbocycles. The van der Waals surface area contributed by atoms with E-state index in [0.717, 1.165) is 49.2 Å². The van der Waals surface area contributed by atoms with Crippen molar-refractivity contribution in [2.45, 2.75) is 32.3 Å². The maximum absolute atomic E-state index is 12.8. The summed E-state index contributed by atoms with van der Waals surface area (Å²) < 4.78 is 11.1. The zero-order valence-electron chi connectivity index (χ0n) is 19.4. The van der Waals surface area contributed by atoms with Crippen LogP contribution in [-0.2, 0) is 22.6 Å². The first-order valence-electron chi connectivity index (χ1n) is 11.8. The number of ether oxygens (including phenoxy) is 2. The van der Waals surface area contributed by atoms with Crippen LogP contribution >= 0.6 is 0 Å². The van der Waals surface area contributed by atoms with Gasteiger partial charge < -0.3 is 14.4 Å². The van der Waals surface area contributed by atoms with E-state index in [0.29, 0.717) is 12.5 Å². The Bertz CT molecular complexity index is 1010. The number of hydrogen-bond donors (Lipinski definition) is 0. The monoisotopic (exact) mass is 443 g/mol. The van der Waals surface area contributed by atoms with Crippen LogP contribution < -0.4 is 4.74 Å². The van der Waals surface area contributed by atoms with Crippen LogP contribution in [0.3, 0.4) is 0 Å². The molecule has 4 heteroatoms. The third-order valence-electron chi connectivity index (χ3n) is 6.47. The van der Waals surface area contributed by atoms with Crippen molar-refractivity contribution in [1.29, 1.82) is 0 Å². The average molecular weight is 444 g/mol. The van der Waals surface area contributed by atoms with Crippen molar-refractivity contribution in [2.24, 2.45) is 5.92 Å². The first kappa shape index (κ1) is 23.1. The van der Waals surface area contributed by atoms with Gasteiger partial charge in [0.15, 0.2) is 6.61 Å². The van der Waals surface area contributed by atoms with E-state index in [1.54, 1.807) is 7.11 Å². The van der Waals surface area contributed by atoms with Crippen LogP contribution in [0, 0.1) is 5.92 Å². The van der Waals surface area contributed by atoms with Crippen LogP contribution in [0.15, 0.2) is 78.9 Å². The molecule has 0 unspecified atom stereocenters. The molecular formula is C29H33NO3. The van der Waals surface area contributed by atoms with Gasteiger partial charge in [0.05, 0.1) is 6.61 Å². The minimum absolute atomic E-state index is 0.0741. The molecule has 172 valence electrons. The average Bonchev–Trinajstić information content (AvgIpc) is 2.88. The normalized spacial score (nSPS) is 14.3. The zero-order valence-corrected chi connectivity index (χ0v) is 19.4. The quantitative estimate of drug-likeness (QED) is 0.423. The summed E-state index contributed by atoms with van der Waals surface area (Å²) in [6.07, 6.45) is 4.39. The Kier molecular flexibility index (Phi) is 8.15. The second-order valence-electron chi connectivity index (χ2n) is 8.76. The fraction of sp³-hybridized carbons (Fsp3) is 0.345. The highest BCUT2D eigenvalue weighted by atomic mass is 16.5. The number of amides is 1. The molecule has 0 aromatic heterocycles. The molecule has 3 aromatic carbocycles. The maximum atomic E-state index is 12.8. The molecule has 1 aliphatic heterocycles. The minimum Gasteiger partial charge on any atom is -0.483 e. The van der Waals surface area contributed by atoms with E-state index in [1.165, 1.54) is 17.5 Å². The minimum atomic E-state index is 0.0741. The van der Waals surface area contributed by atoms with Gasteiger partial charge in [0, 0.05) is 25.8 Å². The number of carbonyl (C=O) groups excluding carboxylic acids is 1. The molecule has 1 aliphatic rings. The first-order valence-corrected chi connectivity index (χ1v) is 11.8. The molecule has 1 amide bonds. The van der Waals surface area contributed by atoms with Crippen LogP contribution in [0.25, 0.3) is 11.1 Å². The van der Waals surface area contributed by atoms with E-state index in [9.17, 15) is 4.79 Å². The largest absolute Gasteiger partial charge is 0.483 e. The molecular weight excluding hydrogens is 410 g/mol. The molecule has 1 saturated heterocycles. The number of benzene rings is 3. The van der Waals surface area contributed by atoms with Gasteiger partial charge in [-0.05, 0) is 54.4 Å². The second kappa shape index (κ2) is 11.7. The maximum Gasteiger partial charge on any atom is 0.260 e. The Balaban J connectivity index is 1.22. The molecule has 4 nitrogen and oxygen atoms in total. The van der Waals surface area contributed by atoms with Crippen molar-refractivity contribution >= 4 is 5.91 Å². The van der Waals surface area contributed by atoms with Gasteiger partial charge >= 0.3 is 0 Å². The van der Waals surface area contributed by atoms with Crippen LogP contribution in [0.1, 0.15) is 30.4 Å². The molecule has 0 bridgehead atoms. The predicted molar refractivity (Wildman–Crippen MR) is 132 cm³/mol. The first-order chi connectivity index (χ1) is 16.2. The lowest BCUT2D eigenvalue weighted by atomic mass is 9.90. The number of nitrogens with zero attached hydrogens (tertiary/aromatic N) is 1. The standard InChI is InChI=1S/C29H33NO3/c1-32-21-25-15-13-23(14-16-25)11-12-24-17-19-30(20-18-24)29(31)22-33-28-10-6-5-9-27(28)26-7-3-2-4-8-26/h2-10,13-16,24H,11-12,17-22H2,1H3. The molecule has 0 radical (unpaired) electrons. The molecule has 1 heterocycles. The summed E-state index contributed by atoms with van der Waals surface area (Å²) in [6, 6.07) is 26.8. The fourth-order valence-electron chi connectivity index (χ4n) is 4.49. The van der Waals surface area contributed by atoms with Crippen LogP contribution in [0.5, 0.6) is 5.75 Å². The highest BCUT2D eigenvalue weighted by molar-refractivity contribution is 5.78. The van der Waals surface area contributed by atoms with Gasteiger partial charge in [0.25, 0.3) is 5.91 Å². The number of hydrogen-bond acceptors (Lipinski definition) is 3. The van der Waals surface area contributed by atoms with Crippen molar-refractivity contribution in [2.75, 3.05) is 26.8 Å². The molecule has 33 heavy (non-hydrogen) atoms. The Morgan fingerprint density at radius 3 is 2.27 bits per heavy atom. The van der Waals surface area contributed by atoms with Gasteiger partial charge in [-0.15, -0.1) is 0 Å². The van der Waals surface area contributed by atoms with E-state index in [4.69, 9.17) is 9.47 Å². The Labute approximate surface area is 197 Å². The number of rotatable bonds is 9. The van der Waals surface area contributed by atoms with Crippen molar-refractivity contribution < 1.29 is 14.3 Å². The highest BCUT2D eigenvalue weighted by Gasteiger charge is 2.23. The smallest absolute Gasteiger partial charge is 0.260 e. The Morgan fingerprint density at radius 1 is 0.879 bits per heavy atom. The summed E-state index contributed by atoms with van der Waals surface area (Å²) >= 11 is 0. The van der Waals surface area contributed by atoms with Crippen LogP contribution in [0.4, 0.5) is 0 Å². The van der Waals surface area contributed by atoms with Crippen molar-refractivity contribution in [3.63, 3.8) is 0 Å². The van der Waals surface area contributed by atoms with Crippen molar-refractivity contribution in [3.05, 3.63) is 90.0 Å². The predicted octanol–water partition coefficient (Wildman–Crippen LogP) is 5.75. The van der Waals surface area contributed by atoms with E-state index in [2.05, 4.69) is 36.4 Å². The summed E-state index contributed by atoms with van der Waals surface area (Å²) in [5.41, 5.74) is 4.69. The number of piperidine rings is 1. The summed E-state index contributed by atoms with van der Waals surface area (Å²) in [7, 11) is 1.72. The summed E-state index contributed by atoms with van der Waals surface area (Å²) in [4.78, 5) is 14.7. The van der Waals surface area contributed by atoms with Gasteiger partial charge in [-0.25, -0.2) is 0 Å². The number of para-hydroxylation sites is 1. The molecule has 4 rings (SSSR count). The zero-order chi connectivity index (χ0) is 22.9. The van der Waals surface area contributed by atoms with Crippen molar-refractivity contribution in [3.8, 4) is 16.9 Å². The van der Waals surface area contributed by atoms with Gasteiger partial charge in [-0.2, -0.15) is 0 Å². The van der Waals surface area contributed by atoms with E-state index >= 15 is 0 Å². The van der Waals surface area contributed by atoms with E-state index < -0.39 is 0 Å². The summed E-state index contributed by atoms with van der Waals surface area (Å²) in [5.74, 6) is 1.50. The summed E-state index contributed by atoms with van der Waals surface area (Å²) in [5, 5.41) is 0. The van der Waals surface area contributed by atoms with Gasteiger partial charge in [0.2, 0.25) is 0 Å². The molecule has 3 aromatic rings. The second-order valence-corrected chi connectivity index (χ2v) is 8.76. The van der Waals surface area contributed by atoms with Gasteiger partial charge in [0.1, 0.15) is 5.75 Å². The van der Waals surface area contributed by atoms with Crippen molar-refractivity contribution in [1.82, 2.24) is 4.90 Å². The van der Waals surface area contributed by atoms with E-state index in [-0.39, 0.29) is 12.5 Å². The fourth-order valence-corrected chi connectivity index (χ4v) is 4.49. The van der Waals surface area contributed by atoms with Crippen LogP contribution in [0.2, 0.25) is 0 Å². The summed E-state index contributed by atoms with van der Waals surface area (Å²) in [6.45, 7) is 2.39. The van der Waals surface area contributed by atoms with E-state index in [1.807, 2.05) is 47.4 Å². The number of aryl methyl sites for hydroxylation is 1. The highest BCUT2D eigenvalue weighted by Crippen LogP contribution is 2.30. The Morgan fingerprint density at radius 2 is 1.55 bits per heavy atom. The number of likely N-dealkylation sites (tertiary alicyclic amines) is 1. The lowest BCUT2D eigenvalue weighted by Gasteiger charge is -2.32. The molecule has 1 fully saturated rings. The Hall–Kier alpha value is -3.11. The van der Waals surface area contributed by atoms with Gasteiger partial charge in [-0.3, -0.25) is 4.79 Å². The topological polar surface area (TPSA) is 38.8 Å². The van der Waals surface area contributed by atoms with Gasteiger partial charge in [-0.1, -0.05) is 72.8 Å². The lowest BCUT2D eigenvalue weighted by Crippen LogP contribution is -2.41. The number of methoxy groups -OCH3 is 1. The third kappa shape index (κ3) is 6.45. The SMILES string of the molecule is COCc1ccc(CCC2CCN(C(=O)COc3ccccc3-c3ccccc3)CC2)cc1. The molecule has 0 N–H and O–H groups in total. The molecule has 0 spiro atoms. The van der Waals surface area contributed by atoms with Crippen LogP contribution in [-0.4, -0.2) is 37.6 Å².